The van der Waals surface area contributed by atoms with Crippen LogP contribution in [0.3, 0.4) is 0 Å². The fourth-order valence-electron chi connectivity index (χ4n) is 2.51. The van der Waals surface area contributed by atoms with Gasteiger partial charge in [-0.2, -0.15) is 0 Å². The monoisotopic (exact) mass is 408 g/mol. The van der Waals surface area contributed by atoms with Crippen LogP contribution in [0.4, 0.5) is 10.1 Å². The van der Waals surface area contributed by atoms with E-state index in [9.17, 15) is 10.1 Å². The Bertz CT molecular complexity index is 728. The Hall–Kier alpha value is -1.12. The predicted molar refractivity (Wildman–Crippen MR) is 99.9 cm³/mol. The summed E-state index contributed by atoms with van der Waals surface area (Å²) in [5, 5.41) is 16.2. The molecule has 1 unspecified atom stereocenters. The summed E-state index contributed by atoms with van der Waals surface area (Å²) >= 11 is 13.2. The average molecular weight is 410 g/mol. The quantitative estimate of drug-likeness (QED) is 0.593. The van der Waals surface area contributed by atoms with Crippen molar-refractivity contribution < 1.29 is 4.92 Å². The molecule has 1 fully saturated rings. The lowest BCUT2D eigenvalue weighted by Crippen LogP contribution is -2.32. The Morgan fingerprint density at radius 3 is 2.92 bits per heavy atom. The molecule has 1 saturated heterocycles. The summed E-state index contributed by atoms with van der Waals surface area (Å²) in [6.45, 7) is 2.26. The first-order chi connectivity index (χ1) is 11.0. The highest BCUT2D eigenvalue weighted by atomic mass is 35.5. The van der Waals surface area contributed by atoms with Crippen LogP contribution in [0.1, 0.15) is 12.0 Å². The van der Waals surface area contributed by atoms with Crippen LogP contribution in [-0.4, -0.2) is 29.0 Å². The summed E-state index contributed by atoms with van der Waals surface area (Å²) in [6, 6.07) is 5.76. The molecule has 1 aromatic heterocycles. The molecule has 6 nitrogen and oxygen atoms in total. The van der Waals surface area contributed by atoms with Crippen molar-refractivity contribution in [2.45, 2.75) is 19.0 Å². The van der Waals surface area contributed by atoms with Crippen LogP contribution >= 0.6 is 46.9 Å². The first-order valence-corrected chi connectivity index (χ1v) is 8.62. The lowest BCUT2D eigenvalue weighted by molar-refractivity contribution is -0.380. The highest BCUT2D eigenvalue weighted by Crippen LogP contribution is 2.30. The fraction of sp³-hybridized carbons (Fsp3) is 0.357. The van der Waals surface area contributed by atoms with Crippen LogP contribution in [0.2, 0.25) is 10.0 Å². The number of aromatic nitrogens is 1. The summed E-state index contributed by atoms with van der Waals surface area (Å²) in [4.78, 5) is 16.5. The van der Waals surface area contributed by atoms with E-state index in [2.05, 4.69) is 15.2 Å². The number of hydrogen-bond acceptors (Lipinski definition) is 6. The third kappa shape index (κ3) is 4.49. The molecule has 1 aliphatic rings. The number of rotatable bonds is 5. The second-order valence-corrected chi connectivity index (χ2v) is 7.12. The number of benzene rings is 1. The first-order valence-electron chi connectivity index (χ1n) is 7.05. The second-order valence-electron chi connectivity index (χ2n) is 5.29. The first kappa shape index (κ1) is 19.2. The van der Waals surface area contributed by atoms with Crippen LogP contribution in [0.25, 0.3) is 0 Å². The van der Waals surface area contributed by atoms with E-state index in [4.69, 9.17) is 23.2 Å². The molecule has 3 rings (SSSR count). The van der Waals surface area contributed by atoms with Crippen LogP contribution in [-0.2, 0) is 6.54 Å². The normalized spacial score (nSPS) is 16.9. The number of nitrogens with zero attached hydrogens (tertiary/aromatic N) is 3. The van der Waals surface area contributed by atoms with Crippen molar-refractivity contribution in [2.75, 3.05) is 18.0 Å². The average Bonchev–Trinajstić information content (AvgIpc) is 3.15. The topological polar surface area (TPSA) is 71.3 Å². The maximum absolute atomic E-state index is 10.7. The van der Waals surface area contributed by atoms with Crippen LogP contribution < -0.4 is 10.2 Å². The van der Waals surface area contributed by atoms with Crippen molar-refractivity contribution in [1.29, 1.82) is 0 Å². The molecule has 1 aromatic carbocycles. The molecule has 0 saturated carbocycles. The van der Waals surface area contributed by atoms with Crippen LogP contribution in [0, 0.1) is 10.1 Å². The maximum Gasteiger partial charge on any atom is 0.345 e. The summed E-state index contributed by atoms with van der Waals surface area (Å²) in [5.74, 6) is 0. The van der Waals surface area contributed by atoms with Crippen molar-refractivity contribution in [3.05, 3.63) is 50.1 Å². The van der Waals surface area contributed by atoms with E-state index in [1.54, 1.807) is 6.07 Å². The van der Waals surface area contributed by atoms with Crippen molar-refractivity contribution >= 4 is 57.1 Å². The third-order valence-corrected chi connectivity index (χ3v) is 5.31. The van der Waals surface area contributed by atoms with E-state index in [0.717, 1.165) is 36.4 Å². The zero-order valence-electron chi connectivity index (χ0n) is 12.4. The summed E-state index contributed by atoms with van der Waals surface area (Å²) in [5.41, 5.74) is 0.999. The van der Waals surface area contributed by atoms with E-state index in [0.29, 0.717) is 27.8 Å². The van der Waals surface area contributed by atoms with Gasteiger partial charge in [0.1, 0.15) is 6.20 Å². The van der Waals surface area contributed by atoms with Crippen LogP contribution in [0.15, 0.2) is 24.4 Å². The minimum Gasteiger partial charge on any atom is -0.346 e. The number of hydrogen-bond donors (Lipinski definition) is 1. The standard InChI is InChI=1S/C14H14Cl2N4O2S.ClH/c15-10-2-1-9(12(16)5-10)6-17-11-3-4-19(8-11)14-18-7-13(23-14)20(21)22;/h1-2,5,7,11,17H,3-4,6,8H2;1H. The van der Waals surface area contributed by atoms with E-state index < -0.39 is 4.92 Å². The Labute approximate surface area is 159 Å². The Balaban J connectivity index is 0.00000208. The molecule has 24 heavy (non-hydrogen) atoms. The minimum absolute atomic E-state index is 0. The van der Waals surface area contributed by atoms with E-state index in [-0.39, 0.29) is 17.4 Å². The minimum atomic E-state index is -0.407. The molecule has 0 radical (unpaired) electrons. The van der Waals surface area contributed by atoms with E-state index >= 15 is 0 Å². The molecule has 0 aliphatic carbocycles. The van der Waals surface area contributed by atoms with Gasteiger partial charge in [0.05, 0.1) is 4.92 Å². The predicted octanol–water partition coefficient (Wildman–Crippen LogP) is 4.15. The molecule has 0 amide bonds. The Kier molecular flexibility index (Phi) is 6.65. The smallest absolute Gasteiger partial charge is 0.345 e. The summed E-state index contributed by atoms with van der Waals surface area (Å²) in [6.07, 6.45) is 2.27. The Morgan fingerprint density at radius 1 is 1.46 bits per heavy atom. The van der Waals surface area contributed by atoms with Gasteiger partial charge in [-0.15, -0.1) is 12.4 Å². The SMILES string of the molecule is Cl.O=[N+]([O-])c1cnc(N2CCC(NCc3ccc(Cl)cc3Cl)C2)s1. The molecular formula is C14H15Cl3N4O2S. The number of nitro groups is 1. The lowest BCUT2D eigenvalue weighted by atomic mass is 10.2. The van der Waals surface area contributed by atoms with Crippen molar-refractivity contribution in [3.63, 3.8) is 0 Å². The number of anilines is 1. The molecule has 1 atom stereocenters. The van der Waals surface area contributed by atoms with Crippen molar-refractivity contribution in [3.8, 4) is 0 Å². The van der Waals surface area contributed by atoms with Gasteiger partial charge in [0.25, 0.3) is 0 Å². The molecule has 0 bridgehead atoms. The Morgan fingerprint density at radius 2 is 2.25 bits per heavy atom. The molecule has 130 valence electrons. The highest BCUT2D eigenvalue weighted by Gasteiger charge is 2.26. The van der Waals surface area contributed by atoms with Crippen LogP contribution in [0.5, 0.6) is 0 Å². The van der Waals surface area contributed by atoms with Gasteiger partial charge in [-0.3, -0.25) is 10.1 Å². The zero-order valence-corrected chi connectivity index (χ0v) is 15.6. The lowest BCUT2D eigenvalue weighted by Gasteiger charge is -2.16. The van der Waals surface area contributed by atoms with E-state index in [1.807, 2.05) is 12.1 Å². The van der Waals surface area contributed by atoms with Gasteiger partial charge in [-0.1, -0.05) is 29.3 Å². The fourth-order valence-corrected chi connectivity index (χ4v) is 3.75. The van der Waals surface area contributed by atoms with Gasteiger partial charge in [-0.25, -0.2) is 4.98 Å². The summed E-state index contributed by atoms with van der Waals surface area (Å²) < 4.78 is 0. The van der Waals surface area contributed by atoms with Gasteiger partial charge in [0, 0.05) is 35.7 Å². The molecule has 2 heterocycles. The molecule has 1 aliphatic heterocycles. The highest BCUT2D eigenvalue weighted by molar-refractivity contribution is 7.18. The van der Waals surface area contributed by atoms with Gasteiger partial charge in [0.2, 0.25) is 0 Å². The third-order valence-electron chi connectivity index (χ3n) is 3.72. The van der Waals surface area contributed by atoms with Gasteiger partial charge >= 0.3 is 5.00 Å². The van der Waals surface area contributed by atoms with Gasteiger partial charge in [-0.05, 0) is 35.5 Å². The second kappa shape index (κ2) is 8.31. The maximum atomic E-state index is 10.7. The van der Waals surface area contributed by atoms with Gasteiger partial charge in [0.15, 0.2) is 5.13 Å². The zero-order chi connectivity index (χ0) is 16.4. The molecule has 0 spiro atoms. The molecule has 2 aromatic rings. The molecule has 10 heteroatoms. The molecular weight excluding hydrogens is 395 g/mol. The largest absolute Gasteiger partial charge is 0.346 e. The molecule has 1 N–H and O–H groups in total. The van der Waals surface area contributed by atoms with E-state index in [1.165, 1.54) is 6.20 Å². The van der Waals surface area contributed by atoms with Crippen molar-refractivity contribution in [2.24, 2.45) is 0 Å². The summed E-state index contributed by atoms with van der Waals surface area (Å²) in [7, 11) is 0. The number of nitrogens with one attached hydrogen (secondary N) is 1. The van der Waals surface area contributed by atoms with Crippen molar-refractivity contribution in [1.82, 2.24) is 10.3 Å². The number of halogens is 3. The number of thiazole rings is 1. The van der Waals surface area contributed by atoms with Gasteiger partial charge < -0.3 is 10.2 Å².